The predicted molar refractivity (Wildman–Crippen MR) is 64.7 cm³/mol. The highest BCUT2D eigenvalue weighted by molar-refractivity contribution is 5.74. The van der Waals surface area contributed by atoms with Crippen molar-refractivity contribution in [2.75, 3.05) is 0 Å². The molecular weight excluding hydrogens is 186 g/mol. The molecule has 0 bridgehead atoms. The third-order valence-electron chi connectivity index (χ3n) is 2.28. The van der Waals surface area contributed by atoms with Crippen molar-refractivity contribution >= 4 is 11.0 Å². The van der Waals surface area contributed by atoms with Gasteiger partial charge in [0.15, 0.2) is 0 Å². The number of nitrogens with zero attached hydrogens (tertiary/aromatic N) is 2. The Morgan fingerprint density at radius 2 is 2.00 bits per heavy atom. The predicted octanol–water partition coefficient (Wildman–Crippen LogP) is 2.32. The lowest BCUT2D eigenvalue weighted by molar-refractivity contribution is 0.715. The van der Waals surface area contributed by atoms with Crippen LogP contribution in [0.1, 0.15) is 20.3 Å². The van der Waals surface area contributed by atoms with Gasteiger partial charge < -0.3 is 10.3 Å². The summed E-state index contributed by atoms with van der Waals surface area (Å²) in [5.74, 6) is 0. The zero-order chi connectivity index (χ0) is 11.3. The number of imidazole rings is 1. The number of nitrogens with two attached hydrogens (primary N) is 1. The Hall–Kier alpha value is -1.35. The molecule has 0 saturated carbocycles. The SMILES string of the molecule is CCC(C)N.Cn1cnc2ccccc21. The van der Waals surface area contributed by atoms with E-state index in [2.05, 4.69) is 18.0 Å². The summed E-state index contributed by atoms with van der Waals surface area (Å²) in [7, 11) is 2.00. The van der Waals surface area contributed by atoms with E-state index in [0.717, 1.165) is 11.9 Å². The number of fused-ring (bicyclic) bond motifs is 1. The quantitative estimate of drug-likeness (QED) is 0.776. The van der Waals surface area contributed by atoms with Crippen LogP contribution in [0.3, 0.4) is 0 Å². The monoisotopic (exact) mass is 205 g/mol. The molecule has 0 saturated heterocycles. The molecule has 0 spiro atoms. The van der Waals surface area contributed by atoms with Crippen molar-refractivity contribution in [2.45, 2.75) is 26.3 Å². The van der Waals surface area contributed by atoms with Crippen molar-refractivity contribution in [1.29, 1.82) is 0 Å². The number of para-hydroxylation sites is 2. The highest BCUT2D eigenvalue weighted by atomic mass is 15.0. The first-order valence-electron chi connectivity index (χ1n) is 5.26. The van der Waals surface area contributed by atoms with Crippen LogP contribution in [0.5, 0.6) is 0 Å². The van der Waals surface area contributed by atoms with Gasteiger partial charge in [-0.2, -0.15) is 0 Å². The summed E-state index contributed by atoms with van der Waals surface area (Å²) in [6.07, 6.45) is 2.91. The molecule has 3 heteroatoms. The van der Waals surface area contributed by atoms with Crippen LogP contribution in [0.2, 0.25) is 0 Å². The molecule has 0 amide bonds. The normalized spacial score (nSPS) is 12.0. The third kappa shape index (κ3) is 3.36. The molecule has 1 aromatic heterocycles. The van der Waals surface area contributed by atoms with Crippen molar-refractivity contribution in [3.8, 4) is 0 Å². The van der Waals surface area contributed by atoms with Gasteiger partial charge in [0.25, 0.3) is 0 Å². The first kappa shape index (κ1) is 11.7. The lowest BCUT2D eigenvalue weighted by Crippen LogP contribution is -2.11. The third-order valence-corrected chi connectivity index (χ3v) is 2.28. The fourth-order valence-corrected chi connectivity index (χ4v) is 1.08. The van der Waals surface area contributed by atoms with Gasteiger partial charge in [-0.05, 0) is 25.5 Å². The van der Waals surface area contributed by atoms with Gasteiger partial charge in [0, 0.05) is 13.1 Å². The van der Waals surface area contributed by atoms with Crippen molar-refractivity contribution in [1.82, 2.24) is 9.55 Å². The molecule has 2 rings (SSSR count). The number of rotatable bonds is 1. The minimum atomic E-state index is 0.384. The Labute approximate surface area is 90.9 Å². The summed E-state index contributed by atoms with van der Waals surface area (Å²) in [5, 5.41) is 0. The van der Waals surface area contributed by atoms with Gasteiger partial charge in [-0.15, -0.1) is 0 Å². The van der Waals surface area contributed by atoms with E-state index in [1.165, 1.54) is 5.52 Å². The van der Waals surface area contributed by atoms with E-state index >= 15 is 0 Å². The Morgan fingerprint density at radius 1 is 1.40 bits per heavy atom. The van der Waals surface area contributed by atoms with Gasteiger partial charge in [-0.1, -0.05) is 19.1 Å². The molecule has 15 heavy (non-hydrogen) atoms. The average Bonchev–Trinajstić information content (AvgIpc) is 2.62. The van der Waals surface area contributed by atoms with Crippen molar-refractivity contribution < 1.29 is 0 Å². The van der Waals surface area contributed by atoms with Crippen LogP contribution in [0, 0.1) is 0 Å². The van der Waals surface area contributed by atoms with Crippen molar-refractivity contribution in [3.63, 3.8) is 0 Å². The zero-order valence-corrected chi connectivity index (χ0v) is 9.64. The average molecular weight is 205 g/mol. The molecule has 0 aliphatic carbocycles. The summed E-state index contributed by atoms with van der Waals surface area (Å²) >= 11 is 0. The van der Waals surface area contributed by atoms with E-state index in [4.69, 9.17) is 5.73 Å². The molecule has 1 unspecified atom stereocenters. The Balaban J connectivity index is 0.000000195. The molecular formula is C12H19N3. The van der Waals surface area contributed by atoms with E-state index in [-0.39, 0.29) is 0 Å². The Morgan fingerprint density at radius 3 is 2.53 bits per heavy atom. The van der Waals surface area contributed by atoms with Crippen LogP contribution >= 0.6 is 0 Å². The van der Waals surface area contributed by atoms with E-state index in [1.54, 1.807) is 0 Å². The fourth-order valence-electron chi connectivity index (χ4n) is 1.08. The van der Waals surface area contributed by atoms with Crippen molar-refractivity contribution in [3.05, 3.63) is 30.6 Å². The molecule has 1 heterocycles. The Bertz CT molecular complexity index is 404. The van der Waals surface area contributed by atoms with Gasteiger partial charge in [-0.3, -0.25) is 0 Å². The maximum absolute atomic E-state index is 5.29. The lowest BCUT2D eigenvalue weighted by atomic mass is 10.3. The van der Waals surface area contributed by atoms with Gasteiger partial charge >= 0.3 is 0 Å². The molecule has 2 N–H and O–H groups in total. The number of benzene rings is 1. The highest BCUT2D eigenvalue weighted by Crippen LogP contribution is 2.08. The number of aryl methyl sites for hydroxylation is 1. The van der Waals surface area contributed by atoms with Crippen LogP contribution in [-0.4, -0.2) is 15.6 Å². The van der Waals surface area contributed by atoms with E-state index < -0.39 is 0 Å². The molecule has 2 aromatic rings. The minimum absolute atomic E-state index is 0.384. The number of aromatic nitrogens is 2. The van der Waals surface area contributed by atoms with Gasteiger partial charge in [0.1, 0.15) is 0 Å². The Kier molecular flexibility index (Phi) is 4.31. The first-order valence-corrected chi connectivity index (χ1v) is 5.26. The second-order valence-corrected chi connectivity index (χ2v) is 3.73. The molecule has 0 radical (unpaired) electrons. The molecule has 1 atom stereocenters. The topological polar surface area (TPSA) is 43.8 Å². The molecule has 1 aromatic carbocycles. The first-order chi connectivity index (χ1) is 7.15. The molecule has 82 valence electrons. The second-order valence-electron chi connectivity index (χ2n) is 3.73. The largest absolute Gasteiger partial charge is 0.334 e. The summed E-state index contributed by atoms with van der Waals surface area (Å²) in [4.78, 5) is 4.18. The lowest BCUT2D eigenvalue weighted by Gasteiger charge is -1.91. The standard InChI is InChI=1S/C8H8N2.C4H11N/c1-10-6-9-7-4-2-3-5-8(7)10;1-3-4(2)5/h2-6H,1H3;4H,3,5H2,1-2H3. The van der Waals surface area contributed by atoms with Crippen molar-refractivity contribution in [2.24, 2.45) is 12.8 Å². The maximum atomic E-state index is 5.29. The van der Waals surface area contributed by atoms with Crippen LogP contribution in [0.25, 0.3) is 11.0 Å². The number of hydrogen-bond donors (Lipinski definition) is 1. The molecule has 0 aliphatic heterocycles. The van der Waals surface area contributed by atoms with Crippen LogP contribution < -0.4 is 5.73 Å². The summed E-state index contributed by atoms with van der Waals surface area (Å²) < 4.78 is 2.01. The highest BCUT2D eigenvalue weighted by Gasteiger charge is 1.93. The summed E-state index contributed by atoms with van der Waals surface area (Å²) in [6, 6.07) is 8.46. The second kappa shape index (κ2) is 5.51. The van der Waals surface area contributed by atoms with Gasteiger partial charge in [0.2, 0.25) is 0 Å². The smallest absolute Gasteiger partial charge is 0.0955 e. The van der Waals surface area contributed by atoms with E-state index in [0.29, 0.717) is 6.04 Å². The fraction of sp³-hybridized carbons (Fsp3) is 0.417. The minimum Gasteiger partial charge on any atom is -0.334 e. The van der Waals surface area contributed by atoms with Gasteiger partial charge in [-0.25, -0.2) is 4.98 Å². The van der Waals surface area contributed by atoms with E-state index in [1.807, 2.05) is 43.1 Å². The van der Waals surface area contributed by atoms with Crippen LogP contribution in [0.15, 0.2) is 30.6 Å². The molecule has 3 nitrogen and oxygen atoms in total. The van der Waals surface area contributed by atoms with Gasteiger partial charge in [0.05, 0.1) is 17.4 Å². The zero-order valence-electron chi connectivity index (χ0n) is 9.64. The van der Waals surface area contributed by atoms with Crippen LogP contribution in [-0.2, 0) is 7.05 Å². The molecule has 0 fully saturated rings. The van der Waals surface area contributed by atoms with E-state index in [9.17, 15) is 0 Å². The maximum Gasteiger partial charge on any atom is 0.0955 e. The van der Waals surface area contributed by atoms with Crippen LogP contribution in [0.4, 0.5) is 0 Å². The summed E-state index contributed by atoms with van der Waals surface area (Å²) in [6.45, 7) is 4.07. The molecule has 0 aliphatic rings. The summed E-state index contributed by atoms with van der Waals surface area (Å²) in [5.41, 5.74) is 7.53. The number of hydrogen-bond acceptors (Lipinski definition) is 2.